The maximum absolute atomic E-state index is 12.7. The first-order chi connectivity index (χ1) is 12.1. The van der Waals surface area contributed by atoms with E-state index in [0.717, 1.165) is 25.7 Å². The first-order valence-electron chi connectivity index (χ1n) is 10.1. The van der Waals surface area contributed by atoms with Crippen LogP contribution in [0.3, 0.4) is 0 Å². The Morgan fingerprint density at radius 1 is 1.22 bits per heavy atom. The highest BCUT2D eigenvalue weighted by atomic mass is 32.2. The molecule has 0 aliphatic heterocycles. The van der Waals surface area contributed by atoms with Gasteiger partial charge in [0.25, 0.3) is 0 Å². The molecule has 7 atom stereocenters. The summed E-state index contributed by atoms with van der Waals surface area (Å²) in [6.07, 6.45) is 4.04. The van der Waals surface area contributed by atoms with Gasteiger partial charge in [-0.3, -0.25) is 4.79 Å². The lowest BCUT2D eigenvalue weighted by Crippen LogP contribution is -2.58. The molecule has 0 heterocycles. The molecular formula is C20H38N2O4S. The van der Waals surface area contributed by atoms with Crippen molar-refractivity contribution in [1.82, 2.24) is 10.0 Å². The van der Waals surface area contributed by atoms with E-state index in [4.69, 9.17) is 0 Å². The van der Waals surface area contributed by atoms with Crippen LogP contribution >= 0.6 is 0 Å². The van der Waals surface area contributed by atoms with Gasteiger partial charge in [0.2, 0.25) is 15.9 Å². The van der Waals surface area contributed by atoms with Crippen LogP contribution in [-0.4, -0.2) is 43.4 Å². The van der Waals surface area contributed by atoms with Gasteiger partial charge in [0.05, 0.1) is 12.4 Å². The van der Waals surface area contributed by atoms with Gasteiger partial charge in [0.1, 0.15) is 0 Å². The van der Waals surface area contributed by atoms with E-state index in [0.29, 0.717) is 0 Å². The third-order valence-electron chi connectivity index (χ3n) is 6.81. The Bertz CT molecular complexity index is 657. The van der Waals surface area contributed by atoms with Gasteiger partial charge in [-0.05, 0) is 69.6 Å². The van der Waals surface area contributed by atoms with Crippen LogP contribution in [0.25, 0.3) is 0 Å². The summed E-state index contributed by atoms with van der Waals surface area (Å²) in [4.78, 5) is 12.7. The number of rotatable bonds is 4. The molecule has 0 saturated heterocycles. The van der Waals surface area contributed by atoms with Crippen LogP contribution in [0.15, 0.2) is 0 Å². The SMILES string of the molecule is C[C@H]1[C@@H]2[C@@H](O)[C@H]([C@H](C)C(=O)NC(C)(C)C)CC[C@@]2(C)CC[C@@H]1NS(C)(=O)=O. The first kappa shape index (κ1) is 22.6. The van der Waals surface area contributed by atoms with Crippen LogP contribution in [-0.2, 0) is 14.8 Å². The van der Waals surface area contributed by atoms with E-state index < -0.39 is 16.1 Å². The molecule has 1 amide bonds. The standard InChI is InChI=1S/C20H38N2O4S/c1-12(18(24)21-19(3,4)5)14-8-10-20(6)11-9-15(22-27(7,25)26)13(2)16(20)17(14)23/h12-17,22-23H,8-11H2,1-7H3,(H,21,24)/t12-,13+,14-,15-,16+,17-,20-/m0/s1. The second kappa shape index (κ2) is 7.64. The lowest BCUT2D eigenvalue weighted by Gasteiger charge is -2.56. The van der Waals surface area contributed by atoms with Crippen molar-refractivity contribution >= 4 is 15.9 Å². The van der Waals surface area contributed by atoms with Crippen LogP contribution in [0.2, 0.25) is 0 Å². The fourth-order valence-electron chi connectivity index (χ4n) is 5.41. The van der Waals surface area contributed by atoms with Crippen molar-refractivity contribution < 1.29 is 18.3 Å². The molecule has 0 bridgehead atoms. The summed E-state index contributed by atoms with van der Waals surface area (Å²) >= 11 is 0. The zero-order valence-corrected chi connectivity index (χ0v) is 18.7. The lowest BCUT2D eigenvalue weighted by molar-refractivity contribution is -0.142. The fourth-order valence-corrected chi connectivity index (χ4v) is 6.30. The van der Waals surface area contributed by atoms with E-state index >= 15 is 0 Å². The molecule has 3 N–H and O–H groups in total. The highest BCUT2D eigenvalue weighted by molar-refractivity contribution is 7.88. The van der Waals surface area contributed by atoms with Crippen LogP contribution in [0.1, 0.15) is 67.2 Å². The van der Waals surface area contributed by atoms with Gasteiger partial charge in [-0.25, -0.2) is 13.1 Å². The van der Waals surface area contributed by atoms with E-state index in [9.17, 15) is 18.3 Å². The predicted octanol–water partition coefficient (Wildman–Crippen LogP) is 2.28. The highest BCUT2D eigenvalue weighted by Gasteiger charge is 2.54. The van der Waals surface area contributed by atoms with Gasteiger partial charge in [0.15, 0.2) is 0 Å². The van der Waals surface area contributed by atoms with Crippen LogP contribution in [0, 0.1) is 29.1 Å². The Labute approximate surface area is 164 Å². The average Bonchev–Trinajstić information content (AvgIpc) is 2.47. The van der Waals surface area contributed by atoms with Crippen LogP contribution in [0.4, 0.5) is 0 Å². The summed E-state index contributed by atoms with van der Waals surface area (Å²) in [6.45, 7) is 12.0. The van der Waals surface area contributed by atoms with Crippen molar-refractivity contribution in [3.63, 3.8) is 0 Å². The molecule has 2 aliphatic rings. The number of aliphatic hydroxyl groups excluding tert-OH is 1. The summed E-state index contributed by atoms with van der Waals surface area (Å²) < 4.78 is 26.2. The van der Waals surface area contributed by atoms with Crippen molar-refractivity contribution in [1.29, 1.82) is 0 Å². The Balaban J connectivity index is 2.20. The number of nitrogens with one attached hydrogen (secondary N) is 2. The molecule has 27 heavy (non-hydrogen) atoms. The van der Waals surface area contributed by atoms with Gasteiger partial charge in [0, 0.05) is 17.5 Å². The Morgan fingerprint density at radius 2 is 1.78 bits per heavy atom. The van der Waals surface area contributed by atoms with Gasteiger partial charge in [-0.15, -0.1) is 0 Å². The molecule has 0 aromatic rings. The number of amides is 1. The summed E-state index contributed by atoms with van der Waals surface area (Å²) in [5.41, 5.74) is -0.312. The number of fused-ring (bicyclic) bond motifs is 1. The zero-order chi connectivity index (χ0) is 20.8. The monoisotopic (exact) mass is 402 g/mol. The fraction of sp³-hybridized carbons (Fsp3) is 0.950. The largest absolute Gasteiger partial charge is 0.392 e. The zero-order valence-electron chi connectivity index (χ0n) is 17.9. The number of carbonyl (C=O) groups is 1. The molecule has 2 fully saturated rings. The van der Waals surface area contributed by atoms with Crippen molar-refractivity contribution in [3.05, 3.63) is 0 Å². The van der Waals surface area contributed by atoms with E-state index in [2.05, 4.69) is 17.0 Å². The maximum Gasteiger partial charge on any atom is 0.223 e. The van der Waals surface area contributed by atoms with E-state index in [1.54, 1.807) is 0 Å². The normalized spacial score (nSPS) is 38.7. The Morgan fingerprint density at radius 3 is 2.30 bits per heavy atom. The minimum Gasteiger partial charge on any atom is -0.392 e. The minimum atomic E-state index is -3.29. The number of hydrogen-bond acceptors (Lipinski definition) is 4. The topological polar surface area (TPSA) is 95.5 Å². The van der Waals surface area contributed by atoms with Crippen molar-refractivity contribution in [2.24, 2.45) is 29.1 Å². The molecule has 6 nitrogen and oxygen atoms in total. The maximum atomic E-state index is 12.7. The third-order valence-corrected chi connectivity index (χ3v) is 7.54. The smallest absolute Gasteiger partial charge is 0.223 e. The highest BCUT2D eigenvalue weighted by Crippen LogP contribution is 2.55. The van der Waals surface area contributed by atoms with E-state index in [1.807, 2.05) is 34.6 Å². The lowest BCUT2D eigenvalue weighted by atomic mass is 9.52. The Kier molecular flexibility index (Phi) is 6.40. The van der Waals surface area contributed by atoms with E-state index in [-0.39, 0.29) is 46.6 Å². The molecular weight excluding hydrogens is 364 g/mol. The second-order valence-electron chi connectivity index (χ2n) is 10.3. The summed E-state index contributed by atoms with van der Waals surface area (Å²) in [5, 5.41) is 14.3. The summed E-state index contributed by atoms with van der Waals surface area (Å²) in [5.74, 6) is -0.406. The number of aliphatic hydroxyl groups is 1. The molecule has 0 aromatic heterocycles. The van der Waals surface area contributed by atoms with Crippen LogP contribution in [0.5, 0.6) is 0 Å². The molecule has 7 heteroatoms. The second-order valence-corrected chi connectivity index (χ2v) is 12.1. The minimum absolute atomic E-state index is 0.00869. The summed E-state index contributed by atoms with van der Waals surface area (Å²) in [6, 6.07) is -0.162. The van der Waals surface area contributed by atoms with Crippen LogP contribution < -0.4 is 10.0 Å². The van der Waals surface area contributed by atoms with Gasteiger partial charge < -0.3 is 10.4 Å². The van der Waals surface area contributed by atoms with Crippen molar-refractivity contribution in [3.8, 4) is 0 Å². The first-order valence-corrected chi connectivity index (χ1v) is 12.0. The van der Waals surface area contributed by atoms with E-state index in [1.165, 1.54) is 6.26 Å². The molecule has 2 aliphatic carbocycles. The Hall–Kier alpha value is -0.660. The number of carbonyl (C=O) groups excluding carboxylic acids is 1. The van der Waals surface area contributed by atoms with Gasteiger partial charge in [-0.1, -0.05) is 20.8 Å². The molecule has 0 radical (unpaired) electrons. The molecule has 2 rings (SSSR count). The predicted molar refractivity (Wildman–Crippen MR) is 108 cm³/mol. The van der Waals surface area contributed by atoms with Gasteiger partial charge >= 0.3 is 0 Å². The third kappa shape index (κ3) is 5.24. The molecule has 158 valence electrons. The molecule has 0 aromatic carbocycles. The molecule has 0 unspecified atom stereocenters. The van der Waals surface area contributed by atoms with Gasteiger partial charge in [-0.2, -0.15) is 0 Å². The molecule has 2 saturated carbocycles. The number of sulfonamides is 1. The summed E-state index contributed by atoms with van der Waals surface area (Å²) in [7, 11) is -3.29. The molecule has 0 spiro atoms. The quantitative estimate of drug-likeness (QED) is 0.672. The van der Waals surface area contributed by atoms with Crippen molar-refractivity contribution in [2.45, 2.75) is 84.9 Å². The number of hydrogen-bond donors (Lipinski definition) is 3. The average molecular weight is 403 g/mol. The van der Waals surface area contributed by atoms with Crippen molar-refractivity contribution in [2.75, 3.05) is 6.26 Å².